The smallest absolute Gasteiger partial charge is 0.113 e. The van der Waals surface area contributed by atoms with Crippen LogP contribution in [0.2, 0.25) is 0 Å². The Morgan fingerprint density at radius 3 is 2.42 bits per heavy atom. The molecule has 0 bridgehead atoms. The first-order valence-electron chi connectivity index (χ1n) is 4.03. The predicted octanol–water partition coefficient (Wildman–Crippen LogP) is 3.30. The van der Waals surface area contributed by atoms with E-state index in [0.717, 1.165) is 4.47 Å². The summed E-state index contributed by atoms with van der Waals surface area (Å²) < 4.78 is 6.68. The summed E-state index contributed by atoms with van der Waals surface area (Å²) in [5.41, 5.74) is 1.28. The first kappa shape index (κ1) is 8.27. The van der Waals surface area contributed by atoms with E-state index in [1.807, 2.05) is 18.2 Å². The quantitative estimate of drug-likeness (QED) is 0.670. The lowest BCUT2D eigenvalue weighted by Gasteiger charge is -2.00. The first-order valence-corrected chi connectivity index (χ1v) is 4.83. The highest BCUT2D eigenvalue weighted by atomic mass is 79.9. The van der Waals surface area contributed by atoms with Crippen molar-refractivity contribution in [2.24, 2.45) is 0 Å². The standard InChI is InChI=1S/C10H11BrO/c1-10(2)9(12-10)7-5-3-4-6-8(7)11/h3-6,9H,1-2H3. The van der Waals surface area contributed by atoms with E-state index in [0.29, 0.717) is 0 Å². The van der Waals surface area contributed by atoms with E-state index in [-0.39, 0.29) is 11.7 Å². The molecule has 12 heavy (non-hydrogen) atoms. The fourth-order valence-electron chi connectivity index (χ4n) is 1.40. The third kappa shape index (κ3) is 1.29. The molecular formula is C10H11BrO. The third-order valence-electron chi connectivity index (χ3n) is 2.18. The fourth-order valence-corrected chi connectivity index (χ4v) is 1.89. The van der Waals surface area contributed by atoms with Crippen LogP contribution >= 0.6 is 15.9 Å². The van der Waals surface area contributed by atoms with Gasteiger partial charge < -0.3 is 4.74 Å². The summed E-state index contributed by atoms with van der Waals surface area (Å²) in [7, 11) is 0. The molecule has 1 saturated heterocycles. The summed E-state index contributed by atoms with van der Waals surface area (Å²) >= 11 is 3.51. The lowest BCUT2D eigenvalue weighted by Crippen LogP contribution is -1.97. The molecule has 64 valence electrons. The molecule has 0 aromatic heterocycles. The second kappa shape index (κ2) is 2.57. The molecule has 1 atom stereocenters. The van der Waals surface area contributed by atoms with Crippen LogP contribution in [0.1, 0.15) is 25.5 Å². The van der Waals surface area contributed by atoms with Crippen LogP contribution in [-0.4, -0.2) is 5.60 Å². The minimum atomic E-state index is 0.0316. The SMILES string of the molecule is CC1(C)OC1c1ccccc1Br. The topological polar surface area (TPSA) is 12.5 Å². The number of halogens is 1. The molecule has 1 aromatic carbocycles. The van der Waals surface area contributed by atoms with Crippen LogP contribution in [0.25, 0.3) is 0 Å². The number of hydrogen-bond donors (Lipinski definition) is 0. The van der Waals surface area contributed by atoms with E-state index in [1.165, 1.54) is 5.56 Å². The van der Waals surface area contributed by atoms with Gasteiger partial charge in [0, 0.05) is 4.47 Å². The zero-order valence-electron chi connectivity index (χ0n) is 7.17. The molecule has 2 rings (SSSR count). The van der Waals surface area contributed by atoms with Crippen LogP contribution in [0.3, 0.4) is 0 Å². The Hall–Kier alpha value is -0.340. The molecule has 0 amide bonds. The van der Waals surface area contributed by atoms with Gasteiger partial charge in [0.1, 0.15) is 6.10 Å². The number of hydrogen-bond acceptors (Lipinski definition) is 1. The fraction of sp³-hybridized carbons (Fsp3) is 0.400. The maximum absolute atomic E-state index is 5.54. The Kier molecular flexibility index (Phi) is 1.77. The van der Waals surface area contributed by atoms with Crippen molar-refractivity contribution in [1.82, 2.24) is 0 Å². The van der Waals surface area contributed by atoms with Gasteiger partial charge in [-0.3, -0.25) is 0 Å². The van der Waals surface area contributed by atoms with Crippen LogP contribution in [0, 0.1) is 0 Å². The van der Waals surface area contributed by atoms with Gasteiger partial charge >= 0.3 is 0 Å². The Morgan fingerprint density at radius 2 is 1.92 bits per heavy atom. The molecule has 1 unspecified atom stereocenters. The van der Waals surface area contributed by atoms with Crippen LogP contribution in [0.4, 0.5) is 0 Å². The van der Waals surface area contributed by atoms with Gasteiger partial charge in [0.05, 0.1) is 5.60 Å². The van der Waals surface area contributed by atoms with Gasteiger partial charge in [0.25, 0.3) is 0 Å². The highest BCUT2D eigenvalue weighted by Gasteiger charge is 2.49. The van der Waals surface area contributed by atoms with E-state index in [2.05, 4.69) is 35.8 Å². The molecule has 2 heteroatoms. The van der Waals surface area contributed by atoms with E-state index in [1.54, 1.807) is 0 Å². The average Bonchev–Trinajstić information content (AvgIpc) is 2.61. The lowest BCUT2D eigenvalue weighted by atomic mass is 10.0. The molecule has 0 spiro atoms. The third-order valence-corrected chi connectivity index (χ3v) is 2.91. The molecule has 0 radical (unpaired) electrons. The van der Waals surface area contributed by atoms with Crippen molar-refractivity contribution < 1.29 is 4.74 Å². The van der Waals surface area contributed by atoms with Crippen molar-refractivity contribution in [1.29, 1.82) is 0 Å². The molecule has 0 saturated carbocycles. The van der Waals surface area contributed by atoms with Gasteiger partial charge in [-0.25, -0.2) is 0 Å². The first-order chi connectivity index (χ1) is 5.61. The van der Waals surface area contributed by atoms with Gasteiger partial charge in [-0.05, 0) is 25.5 Å². The van der Waals surface area contributed by atoms with Gasteiger partial charge in [0.15, 0.2) is 0 Å². The largest absolute Gasteiger partial charge is 0.362 e. The summed E-state index contributed by atoms with van der Waals surface area (Å²) in [5.74, 6) is 0. The highest BCUT2D eigenvalue weighted by Crippen LogP contribution is 2.50. The Balaban J connectivity index is 2.31. The maximum Gasteiger partial charge on any atom is 0.113 e. The summed E-state index contributed by atoms with van der Waals surface area (Å²) in [4.78, 5) is 0. The zero-order valence-corrected chi connectivity index (χ0v) is 8.76. The average molecular weight is 227 g/mol. The van der Waals surface area contributed by atoms with E-state index >= 15 is 0 Å². The second-order valence-electron chi connectivity index (χ2n) is 3.62. The lowest BCUT2D eigenvalue weighted by molar-refractivity contribution is 0.325. The van der Waals surface area contributed by atoms with Crippen LogP contribution in [-0.2, 0) is 4.74 Å². The normalized spacial score (nSPS) is 25.4. The van der Waals surface area contributed by atoms with Crippen molar-refractivity contribution in [3.05, 3.63) is 34.3 Å². The van der Waals surface area contributed by atoms with Gasteiger partial charge in [0.2, 0.25) is 0 Å². The van der Waals surface area contributed by atoms with Crippen molar-refractivity contribution in [3.8, 4) is 0 Å². The van der Waals surface area contributed by atoms with Gasteiger partial charge in [-0.15, -0.1) is 0 Å². The molecule has 0 aliphatic carbocycles. The zero-order chi connectivity index (χ0) is 8.77. The van der Waals surface area contributed by atoms with Crippen molar-refractivity contribution >= 4 is 15.9 Å². The van der Waals surface area contributed by atoms with Crippen LogP contribution in [0.15, 0.2) is 28.7 Å². The number of benzene rings is 1. The molecule has 1 aromatic rings. The number of rotatable bonds is 1. The minimum absolute atomic E-state index is 0.0316. The van der Waals surface area contributed by atoms with E-state index in [4.69, 9.17) is 4.74 Å². The van der Waals surface area contributed by atoms with Gasteiger partial charge in [-0.2, -0.15) is 0 Å². The summed E-state index contributed by atoms with van der Waals surface area (Å²) in [5, 5.41) is 0. The molecular weight excluding hydrogens is 216 g/mol. The molecule has 1 nitrogen and oxygen atoms in total. The van der Waals surface area contributed by atoms with E-state index in [9.17, 15) is 0 Å². The Labute approximate surface area is 80.9 Å². The molecule has 1 heterocycles. The van der Waals surface area contributed by atoms with Crippen LogP contribution in [0.5, 0.6) is 0 Å². The molecule has 1 aliphatic rings. The van der Waals surface area contributed by atoms with Crippen molar-refractivity contribution in [3.63, 3.8) is 0 Å². The van der Waals surface area contributed by atoms with Gasteiger partial charge in [-0.1, -0.05) is 34.1 Å². The number of ether oxygens (including phenoxy) is 1. The number of epoxide rings is 1. The molecule has 1 fully saturated rings. The molecule has 0 N–H and O–H groups in total. The highest BCUT2D eigenvalue weighted by molar-refractivity contribution is 9.10. The predicted molar refractivity (Wildman–Crippen MR) is 52.0 cm³/mol. The maximum atomic E-state index is 5.54. The molecule has 1 aliphatic heterocycles. The monoisotopic (exact) mass is 226 g/mol. The summed E-state index contributed by atoms with van der Waals surface area (Å²) in [6.07, 6.45) is 0.271. The van der Waals surface area contributed by atoms with Crippen molar-refractivity contribution in [2.45, 2.75) is 25.6 Å². The summed E-state index contributed by atoms with van der Waals surface area (Å²) in [6.45, 7) is 4.22. The van der Waals surface area contributed by atoms with E-state index < -0.39 is 0 Å². The van der Waals surface area contributed by atoms with Crippen molar-refractivity contribution in [2.75, 3.05) is 0 Å². The summed E-state index contributed by atoms with van der Waals surface area (Å²) in [6, 6.07) is 8.21. The minimum Gasteiger partial charge on any atom is -0.362 e. The van der Waals surface area contributed by atoms with Crippen LogP contribution < -0.4 is 0 Å². The Bertz CT molecular complexity index is 306. The second-order valence-corrected chi connectivity index (χ2v) is 4.48. The Morgan fingerprint density at radius 1 is 1.33 bits per heavy atom.